The maximum absolute atomic E-state index is 14.2. The van der Waals surface area contributed by atoms with Gasteiger partial charge >= 0.3 is 6.03 Å². The second-order valence-electron chi connectivity index (χ2n) is 9.03. The van der Waals surface area contributed by atoms with E-state index in [9.17, 15) is 24.9 Å². The molecule has 1 heterocycles. The quantitative estimate of drug-likeness (QED) is 0.434. The van der Waals surface area contributed by atoms with E-state index in [0.717, 1.165) is 11.1 Å². The number of amides is 3. The molecule has 0 aliphatic carbocycles. The van der Waals surface area contributed by atoms with E-state index in [1.54, 1.807) is 41.3 Å². The molecule has 4 rings (SSSR count). The van der Waals surface area contributed by atoms with Crippen molar-refractivity contribution >= 4 is 11.9 Å². The minimum atomic E-state index is -1.05. The molecule has 1 saturated heterocycles. The van der Waals surface area contributed by atoms with Crippen LogP contribution in [0.25, 0.3) is 0 Å². The van der Waals surface area contributed by atoms with Crippen LogP contribution in [0.1, 0.15) is 16.7 Å². The molecular formula is C28H31N3O6. The second kappa shape index (κ2) is 11.8. The number of ether oxygens (including phenoxy) is 1. The first-order valence-corrected chi connectivity index (χ1v) is 12.0. The van der Waals surface area contributed by atoms with Crippen molar-refractivity contribution in [2.24, 2.45) is 0 Å². The van der Waals surface area contributed by atoms with Crippen LogP contribution in [-0.2, 0) is 29.0 Å². The van der Waals surface area contributed by atoms with E-state index in [4.69, 9.17) is 4.74 Å². The molecule has 2 atom stereocenters. The average Bonchev–Trinajstić information content (AvgIpc) is 2.98. The lowest BCUT2D eigenvalue weighted by Crippen LogP contribution is -2.53. The summed E-state index contributed by atoms with van der Waals surface area (Å²) in [6, 6.07) is 21.4. The molecule has 0 saturated carbocycles. The molecule has 194 valence electrons. The van der Waals surface area contributed by atoms with E-state index in [0.29, 0.717) is 12.0 Å². The van der Waals surface area contributed by atoms with E-state index >= 15 is 0 Å². The molecule has 3 aromatic rings. The molecular weight excluding hydrogens is 474 g/mol. The first-order chi connectivity index (χ1) is 17.9. The molecule has 9 heteroatoms. The first-order valence-electron chi connectivity index (χ1n) is 12.0. The molecule has 37 heavy (non-hydrogen) atoms. The van der Waals surface area contributed by atoms with Crippen LogP contribution in [-0.4, -0.2) is 74.6 Å². The third-order valence-corrected chi connectivity index (χ3v) is 6.36. The number of carbonyl (C=O) groups is 2. The summed E-state index contributed by atoms with van der Waals surface area (Å²) in [7, 11) is 1.40. The van der Waals surface area contributed by atoms with Crippen molar-refractivity contribution in [1.82, 2.24) is 14.9 Å². The van der Waals surface area contributed by atoms with Crippen molar-refractivity contribution in [2.45, 2.75) is 31.7 Å². The van der Waals surface area contributed by atoms with E-state index in [-0.39, 0.29) is 37.7 Å². The van der Waals surface area contributed by atoms with Gasteiger partial charge in [0.15, 0.2) is 0 Å². The highest BCUT2D eigenvalue weighted by molar-refractivity contribution is 5.83. The van der Waals surface area contributed by atoms with Crippen molar-refractivity contribution in [3.8, 4) is 11.5 Å². The SMILES string of the molecule is COCC(=O)N1C[C@@H](O)[C@@H](Cc2ccccc2)N(Cc2ccc(O)cc2)C(=O)N1Cc1ccc(O)cc1. The van der Waals surface area contributed by atoms with Gasteiger partial charge in [-0.1, -0.05) is 54.6 Å². The van der Waals surface area contributed by atoms with E-state index in [1.165, 1.54) is 29.3 Å². The monoisotopic (exact) mass is 505 g/mol. The Hall–Kier alpha value is -4.08. The summed E-state index contributed by atoms with van der Waals surface area (Å²) in [6.45, 7) is -0.152. The molecule has 3 amide bonds. The van der Waals surface area contributed by atoms with Crippen LogP contribution in [0.15, 0.2) is 78.9 Å². The summed E-state index contributed by atoms with van der Waals surface area (Å²) in [5.74, 6) is -0.263. The fourth-order valence-electron chi connectivity index (χ4n) is 4.44. The van der Waals surface area contributed by atoms with E-state index in [1.807, 2.05) is 30.3 Å². The van der Waals surface area contributed by atoms with Gasteiger partial charge in [0, 0.05) is 13.7 Å². The number of β-amino-alcohol motifs (C(OH)–C–C–N with tert-alkyl or cyclic N) is 1. The molecule has 0 bridgehead atoms. The van der Waals surface area contributed by atoms with Crippen LogP contribution in [0.5, 0.6) is 11.5 Å². The van der Waals surface area contributed by atoms with Gasteiger partial charge in [-0.15, -0.1) is 0 Å². The van der Waals surface area contributed by atoms with Crippen molar-refractivity contribution < 1.29 is 29.6 Å². The normalized spacial score (nSPS) is 18.1. The van der Waals surface area contributed by atoms with Crippen LogP contribution in [0.3, 0.4) is 0 Å². The van der Waals surface area contributed by atoms with Crippen LogP contribution < -0.4 is 0 Å². The third-order valence-electron chi connectivity index (χ3n) is 6.36. The zero-order valence-corrected chi connectivity index (χ0v) is 20.6. The maximum atomic E-state index is 14.2. The van der Waals surface area contributed by atoms with Gasteiger partial charge < -0.3 is 25.0 Å². The summed E-state index contributed by atoms with van der Waals surface area (Å²) in [5, 5.41) is 33.4. The highest BCUT2D eigenvalue weighted by atomic mass is 16.5. The van der Waals surface area contributed by atoms with Crippen LogP contribution in [0.4, 0.5) is 4.79 Å². The van der Waals surface area contributed by atoms with Crippen LogP contribution >= 0.6 is 0 Å². The summed E-state index contributed by atoms with van der Waals surface area (Å²) in [5.41, 5.74) is 2.40. The van der Waals surface area contributed by atoms with Crippen LogP contribution in [0, 0.1) is 0 Å². The Labute approximate surface area is 215 Å². The number of phenolic OH excluding ortho intramolecular Hbond substituents is 2. The second-order valence-corrected chi connectivity index (χ2v) is 9.03. The Balaban J connectivity index is 1.74. The first kappa shape index (κ1) is 26.0. The zero-order valence-electron chi connectivity index (χ0n) is 20.6. The van der Waals surface area contributed by atoms with Gasteiger partial charge in [0.05, 0.1) is 25.2 Å². The van der Waals surface area contributed by atoms with Gasteiger partial charge in [-0.3, -0.25) is 4.79 Å². The number of urea groups is 1. The predicted molar refractivity (Wildman–Crippen MR) is 136 cm³/mol. The number of hydrogen-bond donors (Lipinski definition) is 3. The minimum Gasteiger partial charge on any atom is -0.508 e. The zero-order chi connectivity index (χ0) is 26.4. The molecule has 0 radical (unpaired) electrons. The number of aliphatic hydroxyl groups is 1. The number of methoxy groups -OCH3 is 1. The highest BCUT2D eigenvalue weighted by Gasteiger charge is 2.41. The van der Waals surface area contributed by atoms with E-state index in [2.05, 4.69) is 0 Å². The number of nitrogens with zero attached hydrogens (tertiary/aromatic N) is 3. The lowest BCUT2D eigenvalue weighted by molar-refractivity contribution is -0.151. The summed E-state index contributed by atoms with van der Waals surface area (Å²) in [6.07, 6.45) is -0.669. The smallest absolute Gasteiger partial charge is 0.339 e. The molecule has 3 aromatic carbocycles. The summed E-state index contributed by atoms with van der Waals surface area (Å²) >= 11 is 0. The number of benzene rings is 3. The molecule has 9 nitrogen and oxygen atoms in total. The molecule has 0 aromatic heterocycles. The molecule has 1 fully saturated rings. The highest BCUT2D eigenvalue weighted by Crippen LogP contribution is 2.26. The summed E-state index contributed by atoms with van der Waals surface area (Å²) in [4.78, 5) is 28.8. The Morgan fingerprint density at radius 2 is 1.43 bits per heavy atom. The Morgan fingerprint density at radius 3 is 2.00 bits per heavy atom. The lowest BCUT2D eigenvalue weighted by atomic mass is 9.99. The number of hydrogen-bond acceptors (Lipinski definition) is 6. The Kier molecular flexibility index (Phi) is 8.27. The number of phenols is 2. The van der Waals surface area contributed by atoms with Gasteiger partial charge in [0.1, 0.15) is 18.1 Å². The maximum Gasteiger partial charge on any atom is 0.339 e. The Morgan fingerprint density at radius 1 is 0.865 bits per heavy atom. The molecule has 0 unspecified atom stereocenters. The molecule has 3 N–H and O–H groups in total. The van der Waals surface area contributed by atoms with Gasteiger partial charge in [0.2, 0.25) is 0 Å². The van der Waals surface area contributed by atoms with Crippen LogP contribution in [0.2, 0.25) is 0 Å². The molecule has 1 aliphatic heterocycles. The Bertz CT molecular complexity index is 1190. The largest absolute Gasteiger partial charge is 0.508 e. The molecule has 1 aliphatic rings. The number of carbonyl (C=O) groups excluding carboxylic acids is 2. The number of aromatic hydroxyl groups is 2. The summed E-state index contributed by atoms with van der Waals surface area (Å²) < 4.78 is 5.06. The van der Waals surface area contributed by atoms with Gasteiger partial charge in [0.25, 0.3) is 5.91 Å². The topological polar surface area (TPSA) is 114 Å². The van der Waals surface area contributed by atoms with Crippen molar-refractivity contribution in [3.63, 3.8) is 0 Å². The van der Waals surface area contributed by atoms with E-state index < -0.39 is 24.1 Å². The molecule has 0 spiro atoms. The number of aliphatic hydroxyl groups excluding tert-OH is 1. The fraction of sp³-hybridized carbons (Fsp3) is 0.286. The minimum absolute atomic E-state index is 0.0470. The number of rotatable bonds is 8. The fourth-order valence-corrected chi connectivity index (χ4v) is 4.44. The lowest BCUT2D eigenvalue weighted by Gasteiger charge is -2.36. The van der Waals surface area contributed by atoms with Crippen molar-refractivity contribution in [2.75, 3.05) is 20.3 Å². The number of hydrazine groups is 1. The average molecular weight is 506 g/mol. The van der Waals surface area contributed by atoms with Gasteiger partial charge in [-0.2, -0.15) is 0 Å². The van der Waals surface area contributed by atoms with Crippen molar-refractivity contribution in [3.05, 3.63) is 95.6 Å². The third kappa shape index (κ3) is 6.38. The van der Waals surface area contributed by atoms with Gasteiger partial charge in [-0.25, -0.2) is 14.8 Å². The standard InChI is InChI=1S/C28H31N3O6/c1-37-19-27(35)30-18-26(34)25(15-20-5-3-2-4-6-20)29(16-21-7-11-23(32)12-8-21)28(36)31(30)17-22-9-13-24(33)14-10-22/h2-14,25-26,32-34H,15-19H2,1H3/t25-,26-/m1/s1. The predicted octanol–water partition coefficient (Wildman–Crippen LogP) is 2.90. The van der Waals surface area contributed by atoms with Crippen molar-refractivity contribution in [1.29, 1.82) is 0 Å². The van der Waals surface area contributed by atoms with Gasteiger partial charge in [-0.05, 0) is 47.4 Å².